The standard InChI is InChI=1S/C21H24ClN3O2/c1-23-17-13-25(16-7-5-3-4-6-8-16)19(14-9-11-15(22)12-10-14)18(17)20(26)24(2)21(23)27/h9-13,16H,3-8H2,1-2H3. The molecule has 0 aliphatic heterocycles. The van der Waals surface area contributed by atoms with Crippen LogP contribution in [0.15, 0.2) is 40.1 Å². The van der Waals surface area contributed by atoms with Crippen LogP contribution in [0.25, 0.3) is 22.2 Å². The number of hydrogen-bond donors (Lipinski definition) is 0. The highest BCUT2D eigenvalue weighted by atomic mass is 35.5. The third kappa shape index (κ3) is 3.04. The van der Waals surface area contributed by atoms with E-state index in [-0.39, 0.29) is 11.2 Å². The van der Waals surface area contributed by atoms with Crippen molar-refractivity contribution in [2.24, 2.45) is 14.1 Å². The Kier molecular flexibility index (Phi) is 4.72. The molecular formula is C21H24ClN3O2. The first-order valence-corrected chi connectivity index (χ1v) is 9.93. The number of aromatic nitrogens is 3. The second-order valence-corrected chi connectivity index (χ2v) is 7.94. The molecule has 2 aromatic heterocycles. The lowest BCUT2D eigenvalue weighted by Gasteiger charge is -2.20. The minimum absolute atomic E-state index is 0.245. The highest BCUT2D eigenvalue weighted by molar-refractivity contribution is 6.30. The molecule has 5 nitrogen and oxygen atoms in total. The molecule has 1 fully saturated rings. The zero-order valence-corrected chi connectivity index (χ0v) is 16.5. The van der Waals surface area contributed by atoms with Crippen molar-refractivity contribution in [3.05, 3.63) is 56.3 Å². The minimum atomic E-state index is -0.298. The van der Waals surface area contributed by atoms with Gasteiger partial charge in [0.25, 0.3) is 5.56 Å². The average molecular weight is 386 g/mol. The van der Waals surface area contributed by atoms with Gasteiger partial charge in [-0.15, -0.1) is 0 Å². The number of benzene rings is 1. The molecule has 0 saturated heterocycles. The van der Waals surface area contributed by atoms with Crippen molar-refractivity contribution in [2.75, 3.05) is 0 Å². The Morgan fingerprint density at radius 3 is 2.19 bits per heavy atom. The van der Waals surface area contributed by atoms with Crippen LogP contribution in [0.5, 0.6) is 0 Å². The van der Waals surface area contributed by atoms with E-state index in [0.717, 1.165) is 24.1 Å². The summed E-state index contributed by atoms with van der Waals surface area (Å²) in [5.74, 6) is 0. The molecule has 142 valence electrons. The highest BCUT2D eigenvalue weighted by Gasteiger charge is 2.24. The molecule has 0 N–H and O–H groups in total. The lowest BCUT2D eigenvalue weighted by atomic mass is 10.1. The lowest BCUT2D eigenvalue weighted by Crippen LogP contribution is -2.36. The van der Waals surface area contributed by atoms with E-state index in [4.69, 9.17) is 11.6 Å². The number of fused-ring (bicyclic) bond motifs is 1. The quantitative estimate of drug-likeness (QED) is 0.619. The van der Waals surface area contributed by atoms with Gasteiger partial charge in [-0.3, -0.25) is 13.9 Å². The van der Waals surface area contributed by atoms with E-state index >= 15 is 0 Å². The molecule has 0 amide bonds. The van der Waals surface area contributed by atoms with Gasteiger partial charge in [0.15, 0.2) is 0 Å². The Labute approximate surface area is 162 Å². The number of hydrogen-bond acceptors (Lipinski definition) is 2. The summed E-state index contributed by atoms with van der Waals surface area (Å²) in [6.45, 7) is 0. The monoisotopic (exact) mass is 385 g/mol. The van der Waals surface area contributed by atoms with E-state index in [1.165, 1.54) is 30.3 Å². The summed E-state index contributed by atoms with van der Waals surface area (Å²) in [6, 6.07) is 7.94. The van der Waals surface area contributed by atoms with E-state index in [1.54, 1.807) is 18.7 Å². The third-order valence-electron chi connectivity index (χ3n) is 5.80. The van der Waals surface area contributed by atoms with Crippen molar-refractivity contribution in [3.63, 3.8) is 0 Å². The Hall–Kier alpha value is -2.27. The third-order valence-corrected chi connectivity index (χ3v) is 6.05. The molecule has 2 heterocycles. The fourth-order valence-corrected chi connectivity index (χ4v) is 4.41. The molecule has 1 aromatic carbocycles. The summed E-state index contributed by atoms with van der Waals surface area (Å²) >= 11 is 6.09. The number of rotatable bonds is 2. The van der Waals surface area contributed by atoms with Crippen LogP contribution >= 0.6 is 11.6 Å². The van der Waals surface area contributed by atoms with Gasteiger partial charge in [-0.05, 0) is 30.5 Å². The van der Waals surface area contributed by atoms with E-state index in [2.05, 4.69) is 4.57 Å². The van der Waals surface area contributed by atoms with Gasteiger partial charge in [0.05, 0.1) is 16.6 Å². The summed E-state index contributed by atoms with van der Waals surface area (Å²) in [4.78, 5) is 25.5. The van der Waals surface area contributed by atoms with E-state index in [0.29, 0.717) is 22.0 Å². The van der Waals surface area contributed by atoms with Gasteiger partial charge < -0.3 is 4.57 Å². The molecule has 3 aromatic rings. The Balaban J connectivity index is 2.07. The van der Waals surface area contributed by atoms with Crippen molar-refractivity contribution < 1.29 is 0 Å². The fourth-order valence-electron chi connectivity index (χ4n) is 4.28. The molecule has 0 radical (unpaired) electrons. The maximum absolute atomic E-state index is 13.0. The molecule has 0 bridgehead atoms. The summed E-state index contributed by atoms with van der Waals surface area (Å²) in [5.41, 5.74) is 2.00. The van der Waals surface area contributed by atoms with Crippen LogP contribution in [0.3, 0.4) is 0 Å². The topological polar surface area (TPSA) is 48.9 Å². The predicted molar refractivity (Wildman–Crippen MR) is 110 cm³/mol. The average Bonchev–Trinajstić information content (AvgIpc) is 2.86. The highest BCUT2D eigenvalue weighted by Crippen LogP contribution is 2.36. The van der Waals surface area contributed by atoms with Crippen molar-refractivity contribution >= 4 is 22.5 Å². The lowest BCUT2D eigenvalue weighted by molar-refractivity contribution is 0.450. The Bertz CT molecular complexity index is 1100. The molecule has 4 rings (SSSR count). The molecule has 6 heteroatoms. The summed E-state index contributed by atoms with van der Waals surface area (Å²) in [6.07, 6.45) is 9.08. The van der Waals surface area contributed by atoms with Crippen LogP contribution in [-0.2, 0) is 14.1 Å². The predicted octanol–water partition coefficient (Wildman–Crippen LogP) is 4.25. The van der Waals surface area contributed by atoms with Crippen molar-refractivity contribution in [3.8, 4) is 11.3 Å². The number of aryl methyl sites for hydroxylation is 1. The van der Waals surface area contributed by atoms with Gasteiger partial charge in [-0.25, -0.2) is 4.79 Å². The van der Waals surface area contributed by atoms with Crippen LogP contribution < -0.4 is 11.2 Å². The van der Waals surface area contributed by atoms with Crippen molar-refractivity contribution in [2.45, 2.75) is 44.6 Å². The van der Waals surface area contributed by atoms with Crippen LogP contribution in [-0.4, -0.2) is 13.7 Å². The van der Waals surface area contributed by atoms with Crippen LogP contribution in [0.1, 0.15) is 44.6 Å². The van der Waals surface area contributed by atoms with Crippen LogP contribution in [0.4, 0.5) is 0 Å². The normalized spacial score (nSPS) is 16.0. The minimum Gasteiger partial charge on any atom is -0.342 e. The smallest absolute Gasteiger partial charge is 0.330 e. The SMILES string of the molecule is Cn1c(=O)c2c(-c3ccc(Cl)cc3)n(C3CCCCCC3)cc2n(C)c1=O. The molecule has 27 heavy (non-hydrogen) atoms. The second-order valence-electron chi connectivity index (χ2n) is 7.50. The Morgan fingerprint density at radius 1 is 0.926 bits per heavy atom. The zero-order chi connectivity index (χ0) is 19.1. The molecule has 0 atom stereocenters. The van der Waals surface area contributed by atoms with Gasteiger partial charge in [-0.1, -0.05) is 49.4 Å². The first-order valence-electron chi connectivity index (χ1n) is 9.55. The molecule has 1 aliphatic carbocycles. The van der Waals surface area contributed by atoms with Crippen molar-refractivity contribution in [1.82, 2.24) is 13.7 Å². The molecule has 0 spiro atoms. The van der Waals surface area contributed by atoms with Gasteiger partial charge in [0.2, 0.25) is 0 Å². The van der Waals surface area contributed by atoms with E-state index in [9.17, 15) is 9.59 Å². The maximum atomic E-state index is 13.0. The molecule has 1 saturated carbocycles. The van der Waals surface area contributed by atoms with E-state index in [1.807, 2.05) is 30.5 Å². The van der Waals surface area contributed by atoms with E-state index < -0.39 is 0 Å². The molecule has 1 aliphatic rings. The largest absolute Gasteiger partial charge is 0.342 e. The van der Waals surface area contributed by atoms with Gasteiger partial charge in [0.1, 0.15) is 0 Å². The summed E-state index contributed by atoms with van der Waals surface area (Å²) in [7, 11) is 3.27. The Morgan fingerprint density at radius 2 is 1.56 bits per heavy atom. The first-order chi connectivity index (χ1) is 13.0. The number of nitrogens with zero attached hydrogens (tertiary/aromatic N) is 3. The molecular weight excluding hydrogens is 362 g/mol. The van der Waals surface area contributed by atoms with Crippen LogP contribution in [0, 0.1) is 0 Å². The zero-order valence-electron chi connectivity index (χ0n) is 15.7. The second kappa shape index (κ2) is 7.04. The van der Waals surface area contributed by atoms with Gasteiger partial charge in [0, 0.05) is 31.4 Å². The molecule has 0 unspecified atom stereocenters. The van der Waals surface area contributed by atoms with Gasteiger partial charge >= 0.3 is 5.69 Å². The van der Waals surface area contributed by atoms with Crippen LogP contribution in [0.2, 0.25) is 5.02 Å². The first kappa shape index (κ1) is 18.1. The fraction of sp³-hybridized carbons (Fsp3) is 0.429. The number of halogens is 1. The van der Waals surface area contributed by atoms with Crippen molar-refractivity contribution in [1.29, 1.82) is 0 Å². The summed E-state index contributed by atoms with van der Waals surface area (Å²) in [5, 5.41) is 1.27. The maximum Gasteiger partial charge on any atom is 0.330 e. The summed E-state index contributed by atoms with van der Waals surface area (Å²) < 4.78 is 5.00. The van der Waals surface area contributed by atoms with Gasteiger partial charge in [-0.2, -0.15) is 0 Å².